The van der Waals surface area contributed by atoms with Crippen LogP contribution in [0.15, 0.2) is 22.7 Å². The van der Waals surface area contributed by atoms with Gasteiger partial charge in [0.1, 0.15) is 11.4 Å². The van der Waals surface area contributed by atoms with E-state index in [1.807, 2.05) is 12.2 Å². The average Bonchev–Trinajstić information content (AvgIpc) is 3.43. The number of aromatic nitrogens is 1. The minimum Gasteiger partial charge on any atom is -0.360 e. The summed E-state index contributed by atoms with van der Waals surface area (Å²) >= 11 is 0. The van der Waals surface area contributed by atoms with Crippen molar-refractivity contribution in [1.82, 2.24) is 15.4 Å². The molecule has 0 unspecified atom stereocenters. The van der Waals surface area contributed by atoms with Gasteiger partial charge in [0.15, 0.2) is 5.82 Å². The summed E-state index contributed by atoms with van der Waals surface area (Å²) in [4.78, 5) is 29.9. The zero-order valence-corrected chi connectivity index (χ0v) is 16.7. The summed E-state index contributed by atoms with van der Waals surface area (Å²) in [6.45, 7) is 9.97. The SMILES string of the molecule is CCN(CC)CCCNC(=O)[C@@H]1[C@H]2C=C[C@]3(CN(c4cc(C)on4)C(=O)[C@@H]13)O2. The quantitative estimate of drug-likeness (QED) is 0.530. The summed E-state index contributed by atoms with van der Waals surface area (Å²) in [5.41, 5.74) is -0.738. The van der Waals surface area contributed by atoms with Crippen LogP contribution in [0.1, 0.15) is 26.0 Å². The van der Waals surface area contributed by atoms with Crippen LogP contribution < -0.4 is 10.2 Å². The van der Waals surface area contributed by atoms with Gasteiger partial charge in [0.25, 0.3) is 0 Å². The van der Waals surface area contributed by atoms with Crippen LogP contribution in [0.2, 0.25) is 0 Å². The maximum absolute atomic E-state index is 13.1. The first-order valence-electron chi connectivity index (χ1n) is 10.1. The Balaban J connectivity index is 1.42. The van der Waals surface area contributed by atoms with Gasteiger partial charge in [-0.25, -0.2) is 0 Å². The highest BCUT2D eigenvalue weighted by Gasteiger charge is 2.67. The van der Waals surface area contributed by atoms with Crippen molar-refractivity contribution in [3.05, 3.63) is 24.0 Å². The molecular formula is C20H28N4O4. The zero-order valence-electron chi connectivity index (χ0n) is 16.7. The van der Waals surface area contributed by atoms with Crippen LogP contribution in [0.4, 0.5) is 5.82 Å². The molecule has 2 amide bonds. The lowest BCUT2D eigenvalue weighted by Crippen LogP contribution is -2.44. The molecular weight excluding hydrogens is 360 g/mol. The number of amides is 2. The number of nitrogens with zero attached hydrogens (tertiary/aromatic N) is 3. The van der Waals surface area contributed by atoms with E-state index in [-0.39, 0.29) is 17.9 Å². The molecule has 0 aliphatic carbocycles. The molecule has 8 heteroatoms. The summed E-state index contributed by atoms with van der Waals surface area (Å²) in [6.07, 6.45) is 4.41. The van der Waals surface area contributed by atoms with E-state index in [0.717, 1.165) is 26.1 Å². The highest BCUT2D eigenvalue weighted by atomic mass is 16.5. The van der Waals surface area contributed by atoms with Gasteiger partial charge in [-0.3, -0.25) is 14.5 Å². The Labute approximate surface area is 164 Å². The number of hydrogen-bond acceptors (Lipinski definition) is 6. The lowest BCUT2D eigenvalue weighted by molar-refractivity contribution is -0.131. The van der Waals surface area contributed by atoms with Gasteiger partial charge in [0.05, 0.1) is 24.5 Å². The molecule has 4 atom stereocenters. The minimum absolute atomic E-state index is 0.104. The van der Waals surface area contributed by atoms with Crippen molar-refractivity contribution < 1.29 is 18.8 Å². The summed E-state index contributed by atoms with van der Waals surface area (Å²) in [6, 6.07) is 1.73. The predicted octanol–water partition coefficient (Wildman–Crippen LogP) is 1.12. The van der Waals surface area contributed by atoms with Gasteiger partial charge in [0.2, 0.25) is 11.8 Å². The van der Waals surface area contributed by atoms with Crippen molar-refractivity contribution in [2.75, 3.05) is 37.6 Å². The lowest BCUT2D eigenvalue weighted by Gasteiger charge is -2.23. The monoisotopic (exact) mass is 388 g/mol. The molecule has 0 saturated carbocycles. The molecule has 8 nitrogen and oxygen atoms in total. The first-order chi connectivity index (χ1) is 13.5. The summed E-state index contributed by atoms with van der Waals surface area (Å²) < 4.78 is 11.2. The smallest absolute Gasteiger partial charge is 0.235 e. The van der Waals surface area contributed by atoms with Gasteiger partial charge in [-0.15, -0.1) is 0 Å². The predicted molar refractivity (Wildman–Crippen MR) is 103 cm³/mol. The molecule has 28 heavy (non-hydrogen) atoms. The standard InChI is InChI=1S/C20H28N4O4/c1-4-23(5-2)10-6-9-21-18(25)16-14-7-8-20(27-14)12-24(19(26)17(16)20)15-11-13(3)28-22-15/h7-8,11,14,16-17H,4-6,9-10,12H2,1-3H3,(H,21,25)/t14-,16-,17-,20-/m1/s1. The topological polar surface area (TPSA) is 87.9 Å². The maximum Gasteiger partial charge on any atom is 0.235 e. The molecule has 1 spiro atoms. The van der Waals surface area contributed by atoms with Crippen LogP contribution in [-0.2, 0) is 14.3 Å². The molecule has 1 aromatic heterocycles. The number of anilines is 1. The third kappa shape index (κ3) is 3.04. The Bertz CT molecular complexity index is 787. The number of aryl methyl sites for hydroxylation is 1. The fraction of sp³-hybridized carbons (Fsp3) is 0.650. The van der Waals surface area contributed by atoms with E-state index in [1.54, 1.807) is 17.9 Å². The number of carbonyl (C=O) groups excluding carboxylic acids is 2. The molecule has 2 bridgehead atoms. The second-order valence-corrected chi connectivity index (χ2v) is 7.79. The molecule has 0 radical (unpaired) electrons. The molecule has 2 saturated heterocycles. The van der Waals surface area contributed by atoms with Gasteiger partial charge < -0.3 is 19.5 Å². The normalized spacial score (nSPS) is 30.5. The van der Waals surface area contributed by atoms with Gasteiger partial charge in [-0.1, -0.05) is 31.2 Å². The van der Waals surface area contributed by atoms with E-state index >= 15 is 0 Å². The van der Waals surface area contributed by atoms with Gasteiger partial charge >= 0.3 is 0 Å². The first-order valence-corrected chi connectivity index (χ1v) is 10.1. The van der Waals surface area contributed by atoms with Gasteiger partial charge in [0, 0.05) is 12.6 Å². The van der Waals surface area contributed by atoms with Crippen LogP contribution in [0.3, 0.4) is 0 Å². The van der Waals surface area contributed by atoms with Crippen molar-refractivity contribution in [2.45, 2.75) is 38.9 Å². The number of fused-ring (bicyclic) bond motifs is 1. The average molecular weight is 388 g/mol. The maximum atomic E-state index is 13.1. The molecule has 0 aromatic carbocycles. The van der Waals surface area contributed by atoms with Crippen LogP contribution in [0, 0.1) is 18.8 Å². The Hall–Kier alpha value is -2.19. The second-order valence-electron chi connectivity index (χ2n) is 7.79. The van der Waals surface area contributed by atoms with E-state index in [1.165, 1.54) is 0 Å². The highest BCUT2D eigenvalue weighted by molar-refractivity contribution is 6.02. The summed E-state index contributed by atoms with van der Waals surface area (Å²) in [5, 5.41) is 6.98. The zero-order chi connectivity index (χ0) is 19.9. The molecule has 3 aliphatic heterocycles. The van der Waals surface area contributed by atoms with Crippen LogP contribution in [0.5, 0.6) is 0 Å². The van der Waals surface area contributed by atoms with Crippen molar-refractivity contribution in [3.8, 4) is 0 Å². The molecule has 1 N–H and O–H groups in total. The summed E-state index contributed by atoms with van der Waals surface area (Å²) in [7, 11) is 0. The molecule has 2 fully saturated rings. The molecule has 4 rings (SSSR count). The van der Waals surface area contributed by atoms with Crippen molar-refractivity contribution in [2.24, 2.45) is 11.8 Å². The minimum atomic E-state index is -0.738. The highest BCUT2D eigenvalue weighted by Crippen LogP contribution is 2.52. The molecule has 1 aromatic rings. The Morgan fingerprint density at radius 3 is 2.89 bits per heavy atom. The fourth-order valence-corrected chi connectivity index (χ4v) is 4.64. The molecule has 4 heterocycles. The fourth-order valence-electron chi connectivity index (χ4n) is 4.64. The second kappa shape index (κ2) is 7.33. The van der Waals surface area contributed by atoms with Crippen LogP contribution in [-0.4, -0.2) is 66.3 Å². The Morgan fingerprint density at radius 2 is 2.21 bits per heavy atom. The number of hydrogen-bond donors (Lipinski definition) is 1. The number of carbonyl (C=O) groups is 2. The largest absolute Gasteiger partial charge is 0.360 e. The van der Waals surface area contributed by atoms with E-state index < -0.39 is 17.4 Å². The number of ether oxygens (including phenoxy) is 1. The first kappa shape index (κ1) is 19.1. The van der Waals surface area contributed by atoms with E-state index in [9.17, 15) is 9.59 Å². The lowest BCUT2D eigenvalue weighted by atomic mass is 9.77. The number of rotatable bonds is 8. The van der Waals surface area contributed by atoms with E-state index in [4.69, 9.17) is 9.26 Å². The van der Waals surface area contributed by atoms with Crippen molar-refractivity contribution >= 4 is 17.6 Å². The van der Waals surface area contributed by atoms with E-state index in [0.29, 0.717) is 24.7 Å². The molecule has 3 aliphatic rings. The van der Waals surface area contributed by atoms with Crippen LogP contribution in [0.25, 0.3) is 0 Å². The third-order valence-corrected chi connectivity index (χ3v) is 6.14. The summed E-state index contributed by atoms with van der Waals surface area (Å²) in [5.74, 6) is -0.118. The van der Waals surface area contributed by atoms with Gasteiger partial charge in [-0.2, -0.15) is 0 Å². The van der Waals surface area contributed by atoms with Crippen molar-refractivity contribution in [1.29, 1.82) is 0 Å². The van der Waals surface area contributed by atoms with Gasteiger partial charge in [-0.05, 0) is 33.0 Å². The third-order valence-electron chi connectivity index (χ3n) is 6.14. The number of nitrogens with one attached hydrogen (secondary N) is 1. The Kier molecular flexibility index (Phi) is 5.01. The molecule has 152 valence electrons. The van der Waals surface area contributed by atoms with Crippen LogP contribution >= 0.6 is 0 Å². The van der Waals surface area contributed by atoms with Crippen molar-refractivity contribution in [3.63, 3.8) is 0 Å². The Morgan fingerprint density at radius 1 is 1.43 bits per heavy atom. The van der Waals surface area contributed by atoms with E-state index in [2.05, 4.69) is 29.2 Å².